The van der Waals surface area contributed by atoms with Crippen molar-refractivity contribution in [2.24, 2.45) is 5.92 Å². The number of halogens is 1. The Labute approximate surface area is 239 Å². The van der Waals surface area contributed by atoms with Crippen molar-refractivity contribution in [3.63, 3.8) is 0 Å². The Morgan fingerprint density at radius 2 is 1.64 bits per heavy atom. The average molecular weight is 560 g/mol. The SMILES string of the molecule is O=C(c1ccccc1F)[C@@H]1[C@H](C(=O)c2cccc([N+](=O)[O-])c2)[C@]2(C(=O)Nc3ccccc32)[C@@H]2C=Cc3ccccc3N12. The summed E-state index contributed by atoms with van der Waals surface area (Å²) in [6, 6.07) is 23.0. The van der Waals surface area contributed by atoms with Crippen LogP contribution in [-0.2, 0) is 10.2 Å². The predicted octanol–water partition coefficient (Wildman–Crippen LogP) is 5.59. The monoisotopic (exact) mass is 559 g/mol. The molecule has 1 saturated heterocycles. The van der Waals surface area contributed by atoms with Gasteiger partial charge in [-0.2, -0.15) is 0 Å². The molecular formula is C33H22FN3O5. The molecule has 1 N–H and O–H groups in total. The smallest absolute Gasteiger partial charge is 0.270 e. The second-order valence-electron chi connectivity index (χ2n) is 10.6. The molecule has 42 heavy (non-hydrogen) atoms. The normalized spacial score (nSPS) is 23.2. The number of anilines is 2. The van der Waals surface area contributed by atoms with Crippen LogP contribution in [0.15, 0.2) is 103 Å². The molecule has 1 amide bonds. The molecular weight excluding hydrogens is 537 g/mol. The zero-order valence-corrected chi connectivity index (χ0v) is 21.9. The van der Waals surface area contributed by atoms with Gasteiger partial charge in [0.25, 0.3) is 5.69 Å². The number of carbonyl (C=O) groups excluding carboxylic acids is 3. The van der Waals surface area contributed by atoms with Gasteiger partial charge in [0.05, 0.1) is 22.4 Å². The first kappa shape index (κ1) is 25.5. The van der Waals surface area contributed by atoms with Crippen molar-refractivity contribution in [1.29, 1.82) is 0 Å². The Balaban J connectivity index is 1.55. The number of carbonyl (C=O) groups is 3. The number of amides is 1. The summed E-state index contributed by atoms with van der Waals surface area (Å²) in [4.78, 5) is 56.3. The van der Waals surface area contributed by atoms with Crippen LogP contribution in [-0.4, -0.2) is 34.5 Å². The molecule has 3 aliphatic rings. The fraction of sp³-hybridized carbons (Fsp3) is 0.121. The van der Waals surface area contributed by atoms with Crippen molar-refractivity contribution in [1.82, 2.24) is 0 Å². The van der Waals surface area contributed by atoms with E-state index < -0.39 is 51.6 Å². The van der Waals surface area contributed by atoms with Gasteiger partial charge in [-0.15, -0.1) is 0 Å². The van der Waals surface area contributed by atoms with Gasteiger partial charge in [0, 0.05) is 29.1 Å². The minimum absolute atomic E-state index is 0.0193. The van der Waals surface area contributed by atoms with E-state index in [1.54, 1.807) is 41.3 Å². The fourth-order valence-corrected chi connectivity index (χ4v) is 6.89. The predicted molar refractivity (Wildman–Crippen MR) is 154 cm³/mol. The van der Waals surface area contributed by atoms with Crippen LogP contribution in [0, 0.1) is 21.8 Å². The third kappa shape index (κ3) is 3.43. The van der Waals surface area contributed by atoms with E-state index in [1.807, 2.05) is 24.3 Å². The molecule has 0 unspecified atom stereocenters. The molecule has 3 heterocycles. The van der Waals surface area contributed by atoms with E-state index in [9.17, 15) is 24.5 Å². The van der Waals surface area contributed by atoms with Crippen LogP contribution in [0.4, 0.5) is 21.5 Å². The van der Waals surface area contributed by atoms with E-state index in [-0.39, 0.29) is 16.8 Å². The topological polar surface area (TPSA) is 110 Å². The van der Waals surface area contributed by atoms with E-state index in [1.165, 1.54) is 42.5 Å². The number of nitro benzene ring substituents is 1. The van der Waals surface area contributed by atoms with Gasteiger partial charge in [-0.1, -0.05) is 72.8 Å². The van der Waals surface area contributed by atoms with E-state index in [0.29, 0.717) is 16.9 Å². The molecule has 1 fully saturated rings. The molecule has 4 aromatic carbocycles. The van der Waals surface area contributed by atoms with Gasteiger partial charge in [-0.05, 0) is 35.4 Å². The fourth-order valence-electron chi connectivity index (χ4n) is 6.89. The van der Waals surface area contributed by atoms with Crippen molar-refractivity contribution in [3.05, 3.63) is 141 Å². The second kappa shape index (κ2) is 9.31. The highest BCUT2D eigenvalue weighted by atomic mass is 19.1. The second-order valence-corrected chi connectivity index (χ2v) is 10.6. The van der Waals surface area contributed by atoms with Crippen molar-refractivity contribution >= 4 is 40.6 Å². The molecule has 3 aliphatic heterocycles. The van der Waals surface area contributed by atoms with E-state index in [4.69, 9.17) is 0 Å². The van der Waals surface area contributed by atoms with Crippen molar-refractivity contribution in [2.75, 3.05) is 10.2 Å². The highest BCUT2D eigenvalue weighted by Crippen LogP contribution is 2.58. The number of rotatable bonds is 5. The Morgan fingerprint density at radius 3 is 2.45 bits per heavy atom. The first-order valence-electron chi connectivity index (χ1n) is 13.4. The summed E-state index contributed by atoms with van der Waals surface area (Å²) >= 11 is 0. The number of hydrogen-bond acceptors (Lipinski definition) is 6. The summed E-state index contributed by atoms with van der Waals surface area (Å²) in [7, 11) is 0. The lowest BCUT2D eigenvalue weighted by atomic mass is 9.64. The third-order valence-corrected chi connectivity index (χ3v) is 8.57. The van der Waals surface area contributed by atoms with Crippen LogP contribution in [0.3, 0.4) is 0 Å². The maximum absolute atomic E-state index is 15.2. The lowest BCUT2D eigenvalue weighted by Crippen LogP contribution is -2.51. The van der Waals surface area contributed by atoms with E-state index >= 15 is 4.39 Å². The zero-order valence-electron chi connectivity index (χ0n) is 21.9. The van der Waals surface area contributed by atoms with Gasteiger partial charge in [0.15, 0.2) is 11.6 Å². The number of fused-ring (bicyclic) bond motifs is 6. The number of ketones is 2. The maximum Gasteiger partial charge on any atom is 0.270 e. The van der Waals surface area contributed by atoms with E-state index in [2.05, 4.69) is 5.32 Å². The summed E-state index contributed by atoms with van der Waals surface area (Å²) in [5, 5.41) is 14.5. The molecule has 1 spiro atoms. The highest BCUT2D eigenvalue weighted by molar-refractivity contribution is 6.18. The first-order valence-corrected chi connectivity index (χ1v) is 13.4. The van der Waals surface area contributed by atoms with Gasteiger partial charge >= 0.3 is 0 Å². The van der Waals surface area contributed by atoms with Crippen molar-refractivity contribution < 1.29 is 23.7 Å². The number of Topliss-reactive ketones (excluding diaryl/α,β-unsaturated/α-hetero) is 2. The summed E-state index contributed by atoms with van der Waals surface area (Å²) in [6.07, 6.45) is 3.67. The molecule has 4 aromatic rings. The Bertz CT molecular complexity index is 1870. The van der Waals surface area contributed by atoms with Gasteiger partial charge < -0.3 is 10.2 Å². The van der Waals surface area contributed by atoms with Crippen LogP contribution in [0.5, 0.6) is 0 Å². The quantitative estimate of drug-likeness (QED) is 0.194. The van der Waals surface area contributed by atoms with Gasteiger partial charge in [0.1, 0.15) is 17.3 Å². The van der Waals surface area contributed by atoms with Crippen molar-refractivity contribution in [2.45, 2.75) is 17.5 Å². The molecule has 0 aromatic heterocycles. The lowest BCUT2D eigenvalue weighted by Gasteiger charge is -2.37. The Morgan fingerprint density at radius 1 is 0.905 bits per heavy atom. The van der Waals surface area contributed by atoms with Crippen LogP contribution in [0.25, 0.3) is 6.08 Å². The number of nitro groups is 1. The molecule has 0 saturated carbocycles. The van der Waals surface area contributed by atoms with Crippen LogP contribution >= 0.6 is 0 Å². The molecule has 7 rings (SSSR count). The summed E-state index contributed by atoms with van der Waals surface area (Å²) < 4.78 is 15.2. The Hall–Kier alpha value is -5.44. The van der Waals surface area contributed by atoms with Crippen LogP contribution in [0.1, 0.15) is 31.8 Å². The Kier molecular flexibility index (Phi) is 5.65. The number of para-hydroxylation sites is 2. The van der Waals surface area contributed by atoms with Gasteiger partial charge in [-0.25, -0.2) is 4.39 Å². The molecule has 0 radical (unpaired) electrons. The van der Waals surface area contributed by atoms with Crippen molar-refractivity contribution in [3.8, 4) is 0 Å². The number of benzene rings is 4. The standard InChI is InChI=1S/C33H22FN3O5/c34-24-13-4-2-11-22(24)31(39)29-28(30(38)20-9-7-10-21(18-20)37(41)42)33(23-12-3-5-14-25(23)35-32(33)40)27-17-16-19-8-1-6-15-26(19)36(27)29/h1-18,27-29H,(H,35,40)/t27-,28+,29-,33+/m0/s1. The minimum atomic E-state index is -1.60. The zero-order chi connectivity index (χ0) is 29.2. The number of hydrogen-bond donors (Lipinski definition) is 1. The molecule has 4 atom stereocenters. The summed E-state index contributed by atoms with van der Waals surface area (Å²) in [5.41, 5.74) is 0.281. The molecule has 0 aliphatic carbocycles. The number of nitrogens with one attached hydrogen (secondary N) is 1. The number of non-ortho nitro benzene ring substituents is 1. The van der Waals surface area contributed by atoms with Crippen LogP contribution < -0.4 is 10.2 Å². The molecule has 8 nitrogen and oxygen atoms in total. The number of nitrogens with zero attached hydrogens (tertiary/aromatic N) is 2. The van der Waals surface area contributed by atoms with Crippen LogP contribution in [0.2, 0.25) is 0 Å². The summed E-state index contributed by atoms with van der Waals surface area (Å²) in [5.74, 6) is -3.88. The largest absolute Gasteiger partial charge is 0.352 e. The maximum atomic E-state index is 15.2. The third-order valence-electron chi connectivity index (χ3n) is 8.57. The average Bonchev–Trinajstić information content (AvgIpc) is 3.49. The van der Waals surface area contributed by atoms with Gasteiger partial charge in [-0.3, -0.25) is 24.5 Å². The minimum Gasteiger partial charge on any atom is -0.352 e. The lowest BCUT2D eigenvalue weighted by molar-refractivity contribution is -0.384. The first-order chi connectivity index (χ1) is 20.3. The van der Waals surface area contributed by atoms with E-state index in [0.717, 1.165) is 11.6 Å². The summed E-state index contributed by atoms with van der Waals surface area (Å²) in [6.45, 7) is 0. The molecule has 9 heteroatoms. The molecule has 0 bridgehead atoms. The van der Waals surface area contributed by atoms with Gasteiger partial charge in [0.2, 0.25) is 5.91 Å². The molecule has 206 valence electrons. The highest BCUT2D eigenvalue weighted by Gasteiger charge is 2.70.